The van der Waals surface area contributed by atoms with Crippen molar-refractivity contribution in [2.45, 2.75) is 127 Å². The largest absolute Gasteiger partial charge is 0.478 e. The molecule has 0 spiro atoms. The second-order valence-corrected chi connectivity index (χ2v) is 16.8. The van der Waals surface area contributed by atoms with Gasteiger partial charge in [0.25, 0.3) is 0 Å². The van der Waals surface area contributed by atoms with Crippen LogP contribution in [0.4, 0.5) is 0 Å². The zero-order valence-corrected chi connectivity index (χ0v) is 28.6. The Bertz CT molecular complexity index is 2100. The summed E-state index contributed by atoms with van der Waals surface area (Å²) in [5.74, 6) is -1.69. The molecule has 6 aliphatic rings. The number of rotatable bonds is 8. The number of benzene rings is 5. The van der Waals surface area contributed by atoms with Crippen LogP contribution in [-0.2, 0) is 10.8 Å². The highest BCUT2D eigenvalue weighted by Gasteiger charge is 2.56. The number of hydrogen-bond acceptors (Lipinski definition) is 2. The molecule has 0 amide bonds. The summed E-state index contributed by atoms with van der Waals surface area (Å²) < 4.78 is 0. The molecule has 0 radical (unpaired) electrons. The average molecular weight is 641 g/mol. The van der Waals surface area contributed by atoms with Gasteiger partial charge in [-0.1, -0.05) is 69.2 Å². The number of aromatic carboxylic acids is 2. The standard InChI is InChI=1S/C44H48O4/c1-3-13-41-15-21-43(22-16-41,23-17-41)37-35-31-9-6-8-28-30(39(45)46)12-11-29(33(28)31)27-7-5-10-32(34(27)35)36(40(47)48)38(37)44-24-18-42(14-4-2,19-25-44)20-26-44/h5-12H,3-4,13-26H2,1-2H3,(H,45,46)(H,47,48). The Morgan fingerprint density at radius 2 is 1.00 bits per heavy atom. The molecule has 0 saturated heterocycles. The van der Waals surface area contributed by atoms with Gasteiger partial charge >= 0.3 is 11.9 Å². The molecule has 2 N–H and O–H groups in total. The molecule has 0 aromatic heterocycles. The first-order chi connectivity index (χ1) is 23.2. The van der Waals surface area contributed by atoms with Crippen LogP contribution in [0, 0.1) is 10.8 Å². The van der Waals surface area contributed by atoms with Crippen molar-refractivity contribution in [2.75, 3.05) is 0 Å². The minimum atomic E-state index is -0.908. The van der Waals surface area contributed by atoms with E-state index in [9.17, 15) is 19.8 Å². The quantitative estimate of drug-likeness (QED) is 0.131. The summed E-state index contributed by atoms with van der Waals surface area (Å²) >= 11 is 0. The summed E-state index contributed by atoms with van der Waals surface area (Å²) in [6.45, 7) is 4.64. The third-order valence-corrected chi connectivity index (χ3v) is 14.8. The zero-order valence-electron chi connectivity index (χ0n) is 28.6. The molecule has 11 rings (SSSR count). The van der Waals surface area contributed by atoms with Crippen LogP contribution in [0.25, 0.3) is 43.1 Å². The van der Waals surface area contributed by atoms with Gasteiger partial charge in [0.15, 0.2) is 0 Å². The number of carboxylic acid groups (broad SMARTS) is 2. The number of carbonyl (C=O) groups is 2. The third kappa shape index (κ3) is 3.95. The third-order valence-electron chi connectivity index (χ3n) is 14.8. The molecule has 0 unspecified atom stereocenters. The maximum Gasteiger partial charge on any atom is 0.336 e. The van der Waals surface area contributed by atoms with E-state index in [0.717, 1.165) is 76.2 Å². The van der Waals surface area contributed by atoms with Crippen LogP contribution in [0.2, 0.25) is 0 Å². The SMILES string of the molecule is CCCC12CCC(c3c(C(=O)O)c4cccc5c6ccc(C(=O)O)c7cccc(c(c3C38CCC(CCC)(CC3)CC8)c45)c76)(CC1)CC2. The van der Waals surface area contributed by atoms with Crippen LogP contribution in [-0.4, -0.2) is 22.2 Å². The summed E-state index contributed by atoms with van der Waals surface area (Å²) in [6.07, 6.45) is 18.8. The van der Waals surface area contributed by atoms with Crippen molar-refractivity contribution in [3.63, 3.8) is 0 Å². The van der Waals surface area contributed by atoms with Crippen LogP contribution >= 0.6 is 0 Å². The first-order valence-corrected chi connectivity index (χ1v) is 18.9. The lowest BCUT2D eigenvalue weighted by molar-refractivity contribution is 0.0201. The smallest absolute Gasteiger partial charge is 0.336 e. The molecule has 0 aliphatic heterocycles. The Labute approximate surface area is 283 Å². The fourth-order valence-corrected chi connectivity index (χ4v) is 12.4. The Kier molecular flexibility index (Phi) is 6.60. The van der Waals surface area contributed by atoms with E-state index in [1.54, 1.807) is 6.07 Å². The topological polar surface area (TPSA) is 74.6 Å². The molecule has 6 fully saturated rings. The molecule has 4 heteroatoms. The number of hydrogen-bond donors (Lipinski definition) is 2. The van der Waals surface area contributed by atoms with E-state index < -0.39 is 11.9 Å². The van der Waals surface area contributed by atoms with Crippen LogP contribution in [0.1, 0.15) is 148 Å². The fourth-order valence-electron chi connectivity index (χ4n) is 12.4. The van der Waals surface area contributed by atoms with Gasteiger partial charge in [-0.25, -0.2) is 9.59 Å². The normalized spacial score (nSPS) is 29.9. The Morgan fingerprint density at radius 1 is 0.521 bits per heavy atom. The van der Waals surface area contributed by atoms with Crippen molar-refractivity contribution in [1.29, 1.82) is 0 Å². The van der Waals surface area contributed by atoms with Gasteiger partial charge in [0.05, 0.1) is 11.1 Å². The highest BCUT2D eigenvalue weighted by atomic mass is 16.4. The lowest BCUT2D eigenvalue weighted by Crippen LogP contribution is -2.49. The Morgan fingerprint density at radius 3 is 1.52 bits per heavy atom. The molecule has 6 aliphatic carbocycles. The molecular weight excluding hydrogens is 592 g/mol. The van der Waals surface area contributed by atoms with E-state index in [4.69, 9.17) is 0 Å². The summed E-state index contributed by atoms with van der Waals surface area (Å²) in [5.41, 5.74) is 4.08. The van der Waals surface area contributed by atoms with Crippen molar-refractivity contribution >= 4 is 55.0 Å². The summed E-state index contributed by atoms with van der Waals surface area (Å²) in [7, 11) is 0. The lowest BCUT2D eigenvalue weighted by Gasteiger charge is -2.58. The monoisotopic (exact) mass is 640 g/mol. The van der Waals surface area contributed by atoms with Crippen molar-refractivity contribution < 1.29 is 19.8 Å². The van der Waals surface area contributed by atoms with E-state index in [1.165, 1.54) is 80.7 Å². The van der Waals surface area contributed by atoms with Crippen LogP contribution < -0.4 is 0 Å². The first kappa shape index (κ1) is 30.4. The summed E-state index contributed by atoms with van der Waals surface area (Å²) in [5, 5.41) is 29.8. The van der Waals surface area contributed by atoms with Gasteiger partial charge in [0.1, 0.15) is 0 Å². The van der Waals surface area contributed by atoms with E-state index in [2.05, 4.69) is 32.0 Å². The maximum atomic E-state index is 13.9. The lowest BCUT2D eigenvalue weighted by atomic mass is 9.46. The molecule has 0 atom stereocenters. The predicted octanol–water partition coefficient (Wildman–Crippen LogP) is 11.9. The molecule has 6 saturated carbocycles. The van der Waals surface area contributed by atoms with Gasteiger partial charge < -0.3 is 10.2 Å². The maximum absolute atomic E-state index is 13.9. The minimum Gasteiger partial charge on any atom is -0.478 e. The second-order valence-electron chi connectivity index (χ2n) is 16.8. The van der Waals surface area contributed by atoms with E-state index in [0.29, 0.717) is 22.0 Å². The van der Waals surface area contributed by atoms with Crippen molar-refractivity contribution in [2.24, 2.45) is 10.8 Å². The highest BCUT2D eigenvalue weighted by molar-refractivity contribution is 6.36. The molecule has 48 heavy (non-hydrogen) atoms. The molecule has 5 aromatic rings. The zero-order chi connectivity index (χ0) is 33.1. The van der Waals surface area contributed by atoms with Crippen molar-refractivity contribution in [3.8, 4) is 0 Å². The molecule has 248 valence electrons. The van der Waals surface area contributed by atoms with Gasteiger partial charge in [-0.3, -0.25) is 0 Å². The molecule has 5 aromatic carbocycles. The minimum absolute atomic E-state index is 0.0696. The van der Waals surface area contributed by atoms with Crippen LogP contribution in [0.15, 0.2) is 48.5 Å². The summed E-state index contributed by atoms with van der Waals surface area (Å²) in [6, 6.07) is 16.2. The van der Waals surface area contributed by atoms with Gasteiger partial charge in [0.2, 0.25) is 0 Å². The molecule has 4 bridgehead atoms. The van der Waals surface area contributed by atoms with Gasteiger partial charge in [0, 0.05) is 0 Å². The van der Waals surface area contributed by atoms with Crippen LogP contribution in [0.5, 0.6) is 0 Å². The number of fused-ring (bicyclic) bond motifs is 8. The van der Waals surface area contributed by atoms with Crippen LogP contribution in [0.3, 0.4) is 0 Å². The van der Waals surface area contributed by atoms with E-state index >= 15 is 0 Å². The first-order valence-electron chi connectivity index (χ1n) is 18.9. The fraction of sp³-hybridized carbons (Fsp3) is 0.500. The van der Waals surface area contributed by atoms with Gasteiger partial charge in [-0.05, 0) is 172 Å². The Balaban J connectivity index is 1.45. The molecule has 4 nitrogen and oxygen atoms in total. The summed E-state index contributed by atoms with van der Waals surface area (Å²) in [4.78, 5) is 26.5. The van der Waals surface area contributed by atoms with E-state index in [-0.39, 0.29) is 10.8 Å². The second kappa shape index (κ2) is 10.4. The molecule has 0 heterocycles. The molecular formula is C44H48O4. The highest BCUT2D eigenvalue weighted by Crippen LogP contribution is 2.66. The number of carboxylic acids is 2. The van der Waals surface area contributed by atoms with Gasteiger partial charge in [-0.15, -0.1) is 0 Å². The van der Waals surface area contributed by atoms with E-state index in [1.807, 2.05) is 24.3 Å². The Hall–Kier alpha value is -3.66. The van der Waals surface area contributed by atoms with Gasteiger partial charge in [-0.2, -0.15) is 0 Å². The van der Waals surface area contributed by atoms with Crippen molar-refractivity contribution in [1.82, 2.24) is 0 Å². The van der Waals surface area contributed by atoms with Crippen molar-refractivity contribution in [3.05, 3.63) is 70.8 Å². The average Bonchev–Trinajstić information content (AvgIpc) is 3.11. The predicted molar refractivity (Wildman–Crippen MR) is 195 cm³/mol.